The average Bonchev–Trinajstić information content (AvgIpc) is 2.85. The van der Waals surface area contributed by atoms with Crippen LogP contribution in [0.3, 0.4) is 0 Å². The molecule has 0 unspecified atom stereocenters. The Labute approximate surface area is 131 Å². The van der Waals surface area contributed by atoms with Crippen molar-refractivity contribution in [2.24, 2.45) is 5.73 Å². The summed E-state index contributed by atoms with van der Waals surface area (Å²) >= 11 is 7.43. The number of amides is 1. The molecule has 2 rings (SSSR count). The van der Waals surface area contributed by atoms with Crippen LogP contribution in [0.1, 0.15) is 15.2 Å². The SMILES string of the molecule is CS(=O)(=O)c1ccc(Cl)c(NCc2cc(C(N)=O)cs2)c1. The Balaban J connectivity index is 2.17. The van der Waals surface area contributed by atoms with Crippen molar-refractivity contribution in [2.75, 3.05) is 11.6 Å². The standard InChI is InChI=1S/C13H13ClN2O3S2/c1-21(18,19)10-2-3-11(14)12(5-10)16-6-9-4-8(7-20-9)13(15)17/h2-5,7,16H,6H2,1H3,(H2,15,17). The molecule has 2 aromatic rings. The van der Waals surface area contributed by atoms with E-state index in [2.05, 4.69) is 5.32 Å². The molecule has 1 aromatic heterocycles. The summed E-state index contributed by atoms with van der Waals surface area (Å²) in [7, 11) is -3.29. The second-order valence-corrected chi connectivity index (χ2v) is 7.85. The van der Waals surface area contributed by atoms with Gasteiger partial charge < -0.3 is 11.1 Å². The summed E-state index contributed by atoms with van der Waals surface area (Å²) in [5.41, 5.74) is 6.16. The number of nitrogens with one attached hydrogen (secondary N) is 1. The van der Waals surface area contributed by atoms with Crippen molar-refractivity contribution in [1.82, 2.24) is 0 Å². The third kappa shape index (κ3) is 3.96. The van der Waals surface area contributed by atoms with E-state index >= 15 is 0 Å². The van der Waals surface area contributed by atoms with Gasteiger partial charge >= 0.3 is 0 Å². The molecule has 0 bridgehead atoms. The van der Waals surface area contributed by atoms with Crippen molar-refractivity contribution >= 4 is 44.4 Å². The fourth-order valence-corrected chi connectivity index (χ4v) is 3.30. The van der Waals surface area contributed by atoms with Gasteiger partial charge in [0.25, 0.3) is 0 Å². The number of hydrogen-bond acceptors (Lipinski definition) is 5. The van der Waals surface area contributed by atoms with E-state index in [1.54, 1.807) is 11.4 Å². The minimum absolute atomic E-state index is 0.193. The van der Waals surface area contributed by atoms with Crippen LogP contribution in [0, 0.1) is 0 Å². The largest absolute Gasteiger partial charge is 0.379 e. The van der Waals surface area contributed by atoms with Crippen molar-refractivity contribution in [2.45, 2.75) is 11.4 Å². The van der Waals surface area contributed by atoms with E-state index < -0.39 is 15.7 Å². The zero-order valence-corrected chi connectivity index (χ0v) is 13.5. The topological polar surface area (TPSA) is 89.3 Å². The molecule has 0 saturated heterocycles. The van der Waals surface area contributed by atoms with Crippen LogP contribution in [0.2, 0.25) is 5.02 Å². The molecule has 8 heteroatoms. The third-order valence-corrected chi connectivity index (χ3v) is 5.13. The van der Waals surface area contributed by atoms with Crippen LogP contribution in [-0.4, -0.2) is 20.6 Å². The molecule has 0 saturated carbocycles. The molecule has 1 amide bonds. The molecule has 0 aliphatic carbocycles. The number of nitrogens with two attached hydrogens (primary N) is 1. The number of rotatable bonds is 5. The van der Waals surface area contributed by atoms with Crippen LogP contribution in [-0.2, 0) is 16.4 Å². The van der Waals surface area contributed by atoms with Gasteiger partial charge in [-0.25, -0.2) is 8.42 Å². The Kier molecular flexibility index (Phi) is 4.55. The summed E-state index contributed by atoms with van der Waals surface area (Å²) in [6, 6.07) is 6.16. The summed E-state index contributed by atoms with van der Waals surface area (Å²) in [5, 5.41) is 5.16. The van der Waals surface area contributed by atoms with Gasteiger partial charge in [-0.15, -0.1) is 11.3 Å². The van der Waals surface area contributed by atoms with Gasteiger partial charge in [0, 0.05) is 23.1 Å². The van der Waals surface area contributed by atoms with Gasteiger partial charge in [0.05, 0.1) is 21.2 Å². The highest BCUT2D eigenvalue weighted by atomic mass is 35.5. The van der Waals surface area contributed by atoms with Crippen molar-refractivity contribution in [3.8, 4) is 0 Å². The highest BCUT2D eigenvalue weighted by Gasteiger charge is 2.11. The minimum atomic E-state index is -3.29. The van der Waals surface area contributed by atoms with Gasteiger partial charge in [0.1, 0.15) is 0 Å². The van der Waals surface area contributed by atoms with E-state index in [0.717, 1.165) is 11.1 Å². The van der Waals surface area contributed by atoms with Crippen molar-refractivity contribution < 1.29 is 13.2 Å². The highest BCUT2D eigenvalue weighted by molar-refractivity contribution is 7.90. The first-order valence-corrected chi connectivity index (χ1v) is 9.03. The summed E-state index contributed by atoms with van der Waals surface area (Å²) in [6.45, 7) is 0.422. The Morgan fingerprint density at radius 1 is 1.38 bits per heavy atom. The maximum absolute atomic E-state index is 11.5. The predicted octanol–water partition coefficient (Wildman–Crippen LogP) is 2.52. The molecule has 0 fully saturated rings. The summed E-state index contributed by atoms with van der Waals surface area (Å²) in [6.07, 6.45) is 1.14. The number of anilines is 1. The Hall–Kier alpha value is -1.57. The number of benzene rings is 1. The summed E-state index contributed by atoms with van der Waals surface area (Å²) < 4.78 is 23.1. The zero-order valence-electron chi connectivity index (χ0n) is 11.1. The maximum Gasteiger partial charge on any atom is 0.249 e. The molecule has 1 aromatic carbocycles. The smallest absolute Gasteiger partial charge is 0.249 e. The van der Waals surface area contributed by atoms with Crippen molar-refractivity contribution in [1.29, 1.82) is 0 Å². The summed E-state index contributed by atoms with van der Waals surface area (Å²) in [4.78, 5) is 12.1. The maximum atomic E-state index is 11.5. The van der Waals surface area contributed by atoms with E-state index in [-0.39, 0.29) is 4.90 Å². The molecule has 1 heterocycles. The molecular formula is C13H13ClN2O3S2. The molecule has 5 nitrogen and oxygen atoms in total. The number of hydrogen-bond donors (Lipinski definition) is 2. The Morgan fingerprint density at radius 2 is 2.10 bits per heavy atom. The average molecular weight is 345 g/mol. The fourth-order valence-electron chi connectivity index (χ4n) is 1.66. The van der Waals surface area contributed by atoms with E-state index in [1.807, 2.05) is 0 Å². The first kappa shape index (κ1) is 15.8. The molecule has 0 spiro atoms. The molecule has 112 valence electrons. The van der Waals surface area contributed by atoms with Gasteiger partial charge in [0.2, 0.25) is 5.91 Å². The molecule has 0 radical (unpaired) electrons. The third-order valence-electron chi connectivity index (χ3n) is 2.76. The van der Waals surface area contributed by atoms with Gasteiger partial charge in [-0.1, -0.05) is 11.6 Å². The van der Waals surface area contributed by atoms with Gasteiger partial charge in [-0.3, -0.25) is 4.79 Å². The fraction of sp³-hybridized carbons (Fsp3) is 0.154. The molecule has 0 aliphatic rings. The normalized spacial score (nSPS) is 11.3. The van der Waals surface area contributed by atoms with Crippen LogP contribution < -0.4 is 11.1 Å². The molecule has 3 N–H and O–H groups in total. The van der Waals surface area contributed by atoms with Crippen LogP contribution in [0.4, 0.5) is 5.69 Å². The number of carbonyl (C=O) groups is 1. The first-order valence-electron chi connectivity index (χ1n) is 5.88. The molecule has 0 atom stereocenters. The van der Waals surface area contributed by atoms with E-state index in [1.165, 1.54) is 29.5 Å². The monoisotopic (exact) mass is 344 g/mol. The number of primary amides is 1. The lowest BCUT2D eigenvalue weighted by Crippen LogP contribution is -2.09. The minimum Gasteiger partial charge on any atom is -0.379 e. The Bertz CT molecular complexity index is 784. The van der Waals surface area contributed by atoms with Gasteiger partial charge in [-0.05, 0) is 24.3 Å². The highest BCUT2D eigenvalue weighted by Crippen LogP contribution is 2.26. The molecular weight excluding hydrogens is 332 g/mol. The van der Waals surface area contributed by atoms with Crippen molar-refractivity contribution in [3.05, 3.63) is 45.1 Å². The van der Waals surface area contributed by atoms with Gasteiger partial charge in [-0.2, -0.15) is 0 Å². The van der Waals surface area contributed by atoms with Crippen LogP contribution in [0.5, 0.6) is 0 Å². The second-order valence-electron chi connectivity index (χ2n) is 4.43. The lowest BCUT2D eigenvalue weighted by molar-refractivity contribution is 0.100. The quantitative estimate of drug-likeness (QED) is 0.872. The second kappa shape index (κ2) is 6.05. The van der Waals surface area contributed by atoms with E-state index in [4.69, 9.17) is 17.3 Å². The zero-order chi connectivity index (χ0) is 15.6. The number of thiophene rings is 1. The first-order chi connectivity index (χ1) is 9.77. The Morgan fingerprint density at radius 3 is 2.67 bits per heavy atom. The number of carbonyl (C=O) groups excluding carboxylic acids is 1. The lowest BCUT2D eigenvalue weighted by atomic mass is 10.3. The van der Waals surface area contributed by atoms with E-state index in [0.29, 0.717) is 22.8 Å². The van der Waals surface area contributed by atoms with Crippen molar-refractivity contribution in [3.63, 3.8) is 0 Å². The van der Waals surface area contributed by atoms with Crippen LogP contribution >= 0.6 is 22.9 Å². The summed E-state index contributed by atoms with van der Waals surface area (Å²) in [5.74, 6) is -0.477. The molecule has 21 heavy (non-hydrogen) atoms. The van der Waals surface area contributed by atoms with Crippen LogP contribution in [0.15, 0.2) is 34.5 Å². The van der Waals surface area contributed by atoms with Gasteiger partial charge in [0.15, 0.2) is 9.84 Å². The predicted molar refractivity (Wildman–Crippen MR) is 84.7 cm³/mol. The number of sulfone groups is 1. The van der Waals surface area contributed by atoms with E-state index in [9.17, 15) is 13.2 Å². The molecule has 0 aliphatic heterocycles. The van der Waals surface area contributed by atoms with Crippen LogP contribution in [0.25, 0.3) is 0 Å². The lowest BCUT2D eigenvalue weighted by Gasteiger charge is -2.09. The number of halogens is 1.